The average molecular weight is 597 g/mol. The monoisotopic (exact) mass is 596 g/mol. The highest BCUT2D eigenvalue weighted by molar-refractivity contribution is 7.99. The van der Waals surface area contributed by atoms with Gasteiger partial charge in [-0.05, 0) is 50.1 Å². The molecule has 0 aliphatic rings. The molecule has 0 aliphatic carbocycles. The number of allylic oxidation sites excluding steroid dienone is 1. The normalized spacial score (nSPS) is 11.6. The van der Waals surface area contributed by atoms with E-state index >= 15 is 0 Å². The number of hydrogen-bond donors (Lipinski definition) is 1. The van der Waals surface area contributed by atoms with Gasteiger partial charge in [-0.1, -0.05) is 59.8 Å². The van der Waals surface area contributed by atoms with E-state index in [1.54, 1.807) is 19.1 Å². The summed E-state index contributed by atoms with van der Waals surface area (Å²) in [5.41, 5.74) is 2.84. The quantitative estimate of drug-likeness (QED) is 0.105. The number of anilines is 1. The van der Waals surface area contributed by atoms with Crippen LogP contribution >= 0.6 is 34.7 Å². The van der Waals surface area contributed by atoms with E-state index in [-0.39, 0.29) is 18.3 Å². The molecule has 0 fully saturated rings. The van der Waals surface area contributed by atoms with Gasteiger partial charge in [0.15, 0.2) is 17.1 Å². The molecule has 0 saturated heterocycles. The number of esters is 1. The summed E-state index contributed by atoms with van der Waals surface area (Å²) in [4.78, 5) is 25.8. The molecule has 40 heavy (non-hydrogen) atoms. The van der Waals surface area contributed by atoms with Crippen molar-refractivity contribution in [2.75, 3.05) is 17.7 Å². The lowest BCUT2D eigenvalue weighted by molar-refractivity contribution is -0.113. The van der Waals surface area contributed by atoms with Gasteiger partial charge in [0.1, 0.15) is 16.3 Å². The van der Waals surface area contributed by atoms with E-state index in [0.29, 0.717) is 44.4 Å². The fraction of sp³-hybridized carbons (Fsp3) is 0.241. The number of nitrogens with zero attached hydrogens (tertiary/aromatic N) is 3. The molecule has 0 bridgehead atoms. The topological polar surface area (TPSA) is 95.3 Å². The number of aromatic nitrogens is 3. The maximum Gasteiger partial charge on any atom is 0.341 e. The molecule has 1 unspecified atom stereocenters. The minimum atomic E-state index is -0.481. The van der Waals surface area contributed by atoms with E-state index in [2.05, 4.69) is 22.1 Å². The fourth-order valence-corrected chi connectivity index (χ4v) is 5.93. The molecule has 8 nitrogen and oxygen atoms in total. The maximum atomic E-state index is 13.0. The Balaban J connectivity index is 1.48. The van der Waals surface area contributed by atoms with Crippen LogP contribution < -0.4 is 10.1 Å². The van der Waals surface area contributed by atoms with Crippen LogP contribution in [-0.4, -0.2) is 39.0 Å². The zero-order valence-corrected chi connectivity index (χ0v) is 24.7. The van der Waals surface area contributed by atoms with Gasteiger partial charge in [0.05, 0.1) is 12.4 Å². The minimum Gasteiger partial charge on any atom is -0.482 e. The van der Waals surface area contributed by atoms with Gasteiger partial charge in [-0.2, -0.15) is 0 Å². The summed E-state index contributed by atoms with van der Waals surface area (Å²) in [6.45, 7) is 10.1. The maximum absolute atomic E-state index is 13.0. The summed E-state index contributed by atoms with van der Waals surface area (Å²) >= 11 is 8.59. The summed E-state index contributed by atoms with van der Waals surface area (Å²) in [5.74, 6) is 0.592. The molecule has 2 aromatic carbocycles. The zero-order chi connectivity index (χ0) is 28.6. The van der Waals surface area contributed by atoms with Gasteiger partial charge in [-0.3, -0.25) is 9.36 Å². The second kappa shape index (κ2) is 13.6. The fourth-order valence-electron chi connectivity index (χ4n) is 3.98. The molecule has 1 amide bonds. The molecule has 0 saturated carbocycles. The first-order chi connectivity index (χ1) is 19.3. The number of rotatable bonds is 12. The third kappa shape index (κ3) is 6.93. The highest BCUT2D eigenvalue weighted by Crippen LogP contribution is 2.36. The van der Waals surface area contributed by atoms with Gasteiger partial charge in [0.2, 0.25) is 5.91 Å². The molecule has 2 heterocycles. The van der Waals surface area contributed by atoms with Crippen LogP contribution in [0.3, 0.4) is 0 Å². The van der Waals surface area contributed by atoms with Gasteiger partial charge >= 0.3 is 5.97 Å². The Bertz CT molecular complexity index is 1500. The molecule has 0 spiro atoms. The number of halogens is 1. The third-order valence-corrected chi connectivity index (χ3v) is 7.90. The number of ether oxygens (including phenoxy) is 2. The summed E-state index contributed by atoms with van der Waals surface area (Å²) in [7, 11) is 0. The van der Waals surface area contributed by atoms with Crippen molar-refractivity contribution >= 4 is 51.6 Å². The number of carbonyl (C=O) groups is 2. The Morgan fingerprint density at radius 1 is 1.23 bits per heavy atom. The lowest BCUT2D eigenvalue weighted by Crippen LogP contribution is -2.17. The highest BCUT2D eigenvalue weighted by atomic mass is 35.5. The Kier molecular flexibility index (Phi) is 10.0. The lowest BCUT2D eigenvalue weighted by Gasteiger charge is -2.17. The molecule has 208 valence electrons. The van der Waals surface area contributed by atoms with Crippen LogP contribution in [0, 0.1) is 6.92 Å². The van der Waals surface area contributed by atoms with Crippen molar-refractivity contribution in [2.24, 2.45) is 0 Å². The number of nitrogens with one attached hydrogen (secondary N) is 1. The van der Waals surface area contributed by atoms with Crippen molar-refractivity contribution in [2.45, 2.75) is 38.6 Å². The molecule has 4 rings (SSSR count). The van der Waals surface area contributed by atoms with Crippen molar-refractivity contribution in [3.05, 3.63) is 88.5 Å². The SMILES string of the molecule is C=CCn1c(SCC(=O)Nc2scc(-c3ccccc3)c2C(=O)OCC)nnc1C(C)Oc1ccc(Cl)cc1C. The van der Waals surface area contributed by atoms with E-state index in [0.717, 1.165) is 11.1 Å². The molecular formula is C29H29ClN4O4S2. The van der Waals surface area contributed by atoms with Crippen LogP contribution in [0.4, 0.5) is 5.00 Å². The predicted molar refractivity (Wildman–Crippen MR) is 161 cm³/mol. The lowest BCUT2D eigenvalue weighted by atomic mass is 10.0. The first-order valence-electron chi connectivity index (χ1n) is 12.6. The first-order valence-corrected chi connectivity index (χ1v) is 14.8. The second-order valence-electron chi connectivity index (χ2n) is 8.69. The van der Waals surface area contributed by atoms with Crippen molar-refractivity contribution in [3.8, 4) is 16.9 Å². The standard InChI is InChI=1S/C29H29ClN4O4S2/c1-5-14-34-26(19(4)38-23-13-12-21(30)15-18(23)3)32-33-29(34)40-17-24(35)31-27-25(28(36)37-6-2)22(16-39-27)20-10-8-7-9-11-20/h5,7-13,15-16,19H,1,6,14,17H2,2-4H3,(H,31,35). The number of amides is 1. The van der Waals surface area contributed by atoms with E-state index in [9.17, 15) is 9.59 Å². The van der Waals surface area contributed by atoms with Crippen molar-refractivity contribution < 1.29 is 19.1 Å². The molecule has 0 aliphatic heterocycles. The summed E-state index contributed by atoms with van der Waals surface area (Å²) in [5, 5.41) is 15.0. The zero-order valence-electron chi connectivity index (χ0n) is 22.3. The molecule has 1 N–H and O–H groups in total. The van der Waals surface area contributed by atoms with Crippen LogP contribution in [0.25, 0.3) is 11.1 Å². The number of thioether (sulfide) groups is 1. The minimum absolute atomic E-state index is 0.0572. The second-order valence-corrected chi connectivity index (χ2v) is 10.9. The van der Waals surface area contributed by atoms with Crippen LogP contribution in [0.5, 0.6) is 5.75 Å². The number of carbonyl (C=O) groups excluding carboxylic acids is 2. The van der Waals surface area contributed by atoms with E-state index in [1.807, 2.05) is 66.3 Å². The third-order valence-electron chi connectivity index (χ3n) is 5.80. The highest BCUT2D eigenvalue weighted by Gasteiger charge is 2.24. The van der Waals surface area contributed by atoms with Gasteiger partial charge in [0, 0.05) is 22.5 Å². The van der Waals surface area contributed by atoms with Crippen molar-refractivity contribution in [3.63, 3.8) is 0 Å². The smallest absolute Gasteiger partial charge is 0.341 e. The Morgan fingerprint density at radius 3 is 2.70 bits per heavy atom. The Labute approximate surface area is 246 Å². The Hall–Kier alpha value is -3.60. The number of hydrogen-bond acceptors (Lipinski definition) is 8. The Morgan fingerprint density at radius 2 is 2.00 bits per heavy atom. The van der Waals surface area contributed by atoms with Crippen molar-refractivity contribution in [1.29, 1.82) is 0 Å². The summed E-state index contributed by atoms with van der Waals surface area (Å²) in [6, 6.07) is 14.9. The first kappa shape index (κ1) is 29.4. The molecule has 4 aromatic rings. The molecule has 1 atom stereocenters. The van der Waals surface area contributed by atoms with Crippen LogP contribution in [0.2, 0.25) is 5.02 Å². The molecule has 11 heteroatoms. The van der Waals surface area contributed by atoms with Gasteiger partial charge < -0.3 is 14.8 Å². The van der Waals surface area contributed by atoms with Crippen LogP contribution in [0.1, 0.15) is 41.7 Å². The van der Waals surface area contributed by atoms with E-state index in [1.165, 1.54) is 23.1 Å². The van der Waals surface area contributed by atoms with Crippen molar-refractivity contribution in [1.82, 2.24) is 14.8 Å². The predicted octanol–water partition coefficient (Wildman–Crippen LogP) is 7.20. The average Bonchev–Trinajstić information content (AvgIpc) is 3.54. The van der Waals surface area contributed by atoms with Gasteiger partial charge in [-0.25, -0.2) is 4.79 Å². The van der Waals surface area contributed by atoms with Gasteiger partial charge in [0.25, 0.3) is 0 Å². The van der Waals surface area contributed by atoms with Gasteiger partial charge in [-0.15, -0.1) is 28.1 Å². The molecule has 0 radical (unpaired) electrons. The van der Waals surface area contributed by atoms with E-state index in [4.69, 9.17) is 21.1 Å². The summed E-state index contributed by atoms with van der Waals surface area (Å²) in [6.07, 6.45) is 1.32. The summed E-state index contributed by atoms with van der Waals surface area (Å²) < 4.78 is 13.3. The number of benzene rings is 2. The molecule has 2 aromatic heterocycles. The molecular weight excluding hydrogens is 568 g/mol. The van der Waals surface area contributed by atoms with Crippen LogP contribution in [0.15, 0.2) is 71.7 Å². The van der Waals surface area contributed by atoms with E-state index < -0.39 is 12.1 Å². The number of thiophene rings is 1. The van der Waals surface area contributed by atoms with Crippen LogP contribution in [-0.2, 0) is 16.1 Å². The number of aryl methyl sites for hydroxylation is 1. The largest absolute Gasteiger partial charge is 0.482 e.